The molecule has 0 aromatic carbocycles. The molecule has 0 heterocycles. The molecule has 1 nitrogen and oxygen atoms in total. The van der Waals surface area contributed by atoms with E-state index in [9.17, 15) is 0 Å². The molecule has 2 N–H and O–H groups in total. The lowest BCUT2D eigenvalue weighted by molar-refractivity contribution is -0.168. The summed E-state index contributed by atoms with van der Waals surface area (Å²) in [5, 5.41) is 0. The van der Waals surface area contributed by atoms with Crippen LogP contribution in [0.5, 0.6) is 0 Å². The van der Waals surface area contributed by atoms with Gasteiger partial charge in [0.25, 0.3) is 0 Å². The van der Waals surface area contributed by atoms with E-state index >= 15 is 0 Å². The Morgan fingerprint density at radius 2 is 1.47 bits per heavy atom. The molecular formula is C18H33N. The Bertz CT molecular complexity index is 346. The Morgan fingerprint density at radius 1 is 0.947 bits per heavy atom. The number of hydrogen-bond acceptors (Lipinski definition) is 1. The molecule has 2 unspecified atom stereocenters. The van der Waals surface area contributed by atoms with Crippen molar-refractivity contribution in [3.63, 3.8) is 0 Å². The third kappa shape index (κ3) is 1.91. The third-order valence-electron chi connectivity index (χ3n) is 7.29. The van der Waals surface area contributed by atoms with Crippen molar-refractivity contribution in [2.24, 2.45) is 45.7 Å². The van der Waals surface area contributed by atoms with Gasteiger partial charge in [-0.3, -0.25) is 0 Å². The van der Waals surface area contributed by atoms with E-state index in [0.29, 0.717) is 16.2 Å². The van der Waals surface area contributed by atoms with Gasteiger partial charge in [0.15, 0.2) is 0 Å². The maximum absolute atomic E-state index is 6.10. The SMILES string of the molecule is CC(C)(CN)C1C2CC3CC1CC(C(C)(C)C)(C3)C2. The second-order valence-corrected chi connectivity index (χ2v) is 9.72. The zero-order valence-electron chi connectivity index (χ0n) is 13.6. The molecular weight excluding hydrogens is 230 g/mol. The fourth-order valence-corrected chi connectivity index (χ4v) is 6.36. The number of rotatable bonds is 2. The molecule has 110 valence electrons. The van der Waals surface area contributed by atoms with Crippen molar-refractivity contribution in [3.8, 4) is 0 Å². The smallest absolute Gasteiger partial charge is 0.00230 e. The van der Waals surface area contributed by atoms with Crippen molar-refractivity contribution in [2.75, 3.05) is 6.54 Å². The van der Waals surface area contributed by atoms with Gasteiger partial charge in [0, 0.05) is 0 Å². The van der Waals surface area contributed by atoms with Crippen molar-refractivity contribution in [1.29, 1.82) is 0 Å². The van der Waals surface area contributed by atoms with E-state index in [0.717, 1.165) is 30.2 Å². The highest BCUT2D eigenvalue weighted by molar-refractivity contribution is 5.10. The van der Waals surface area contributed by atoms with Crippen LogP contribution >= 0.6 is 0 Å². The average molecular weight is 263 g/mol. The van der Waals surface area contributed by atoms with E-state index in [4.69, 9.17) is 5.73 Å². The number of nitrogens with two attached hydrogens (primary N) is 1. The van der Waals surface area contributed by atoms with Crippen molar-refractivity contribution in [1.82, 2.24) is 0 Å². The zero-order chi connectivity index (χ0) is 14.1. The summed E-state index contributed by atoms with van der Waals surface area (Å²) in [5.74, 6) is 3.85. The Morgan fingerprint density at radius 3 is 1.89 bits per heavy atom. The Hall–Kier alpha value is -0.0400. The first-order valence-corrected chi connectivity index (χ1v) is 8.39. The summed E-state index contributed by atoms with van der Waals surface area (Å²) < 4.78 is 0. The van der Waals surface area contributed by atoms with Crippen LogP contribution in [0.2, 0.25) is 0 Å². The van der Waals surface area contributed by atoms with Gasteiger partial charge in [-0.2, -0.15) is 0 Å². The first-order valence-electron chi connectivity index (χ1n) is 8.39. The van der Waals surface area contributed by atoms with E-state index in [1.54, 1.807) is 0 Å². The van der Waals surface area contributed by atoms with Gasteiger partial charge >= 0.3 is 0 Å². The first kappa shape index (κ1) is 13.9. The van der Waals surface area contributed by atoms with Gasteiger partial charge < -0.3 is 5.73 Å². The summed E-state index contributed by atoms with van der Waals surface area (Å²) in [5.41, 5.74) is 7.58. The highest BCUT2D eigenvalue weighted by Crippen LogP contribution is 2.69. The second-order valence-electron chi connectivity index (χ2n) is 9.72. The summed E-state index contributed by atoms with van der Waals surface area (Å²) in [6, 6.07) is 0. The standard InChI is InChI=1S/C18H33N/c1-16(2,3)18-8-12-6-13(9-18)15(14(7-12)10-18)17(4,5)11-19/h12-15H,6-11,19H2,1-5H3. The zero-order valence-corrected chi connectivity index (χ0v) is 13.6. The van der Waals surface area contributed by atoms with Crippen LogP contribution in [0.25, 0.3) is 0 Å². The lowest BCUT2D eigenvalue weighted by Crippen LogP contribution is -2.59. The van der Waals surface area contributed by atoms with Crippen LogP contribution < -0.4 is 5.73 Å². The first-order chi connectivity index (χ1) is 8.68. The molecule has 4 rings (SSSR count). The quantitative estimate of drug-likeness (QED) is 0.782. The maximum atomic E-state index is 6.10. The van der Waals surface area contributed by atoms with E-state index < -0.39 is 0 Å². The highest BCUT2D eigenvalue weighted by Gasteiger charge is 2.60. The van der Waals surface area contributed by atoms with Crippen LogP contribution in [0, 0.1) is 39.9 Å². The van der Waals surface area contributed by atoms with Crippen molar-refractivity contribution in [2.45, 2.75) is 66.7 Å². The molecule has 0 radical (unpaired) electrons. The van der Waals surface area contributed by atoms with E-state index in [1.807, 2.05) is 0 Å². The van der Waals surface area contributed by atoms with E-state index in [2.05, 4.69) is 34.6 Å². The molecule has 4 saturated carbocycles. The predicted octanol–water partition coefficient (Wildman–Crippen LogP) is 4.46. The predicted molar refractivity (Wildman–Crippen MR) is 81.8 cm³/mol. The molecule has 0 saturated heterocycles. The molecule has 4 bridgehead atoms. The van der Waals surface area contributed by atoms with Crippen LogP contribution in [0.4, 0.5) is 0 Å². The highest BCUT2D eigenvalue weighted by atomic mass is 14.7. The summed E-state index contributed by atoms with van der Waals surface area (Å²) in [6.45, 7) is 13.2. The van der Waals surface area contributed by atoms with Gasteiger partial charge in [0.05, 0.1) is 0 Å². The molecule has 0 amide bonds. The fourth-order valence-electron chi connectivity index (χ4n) is 6.36. The molecule has 4 aliphatic carbocycles. The van der Waals surface area contributed by atoms with E-state index in [-0.39, 0.29) is 0 Å². The molecule has 1 heteroatoms. The van der Waals surface area contributed by atoms with Gasteiger partial charge in [0.2, 0.25) is 0 Å². The molecule has 2 atom stereocenters. The van der Waals surface area contributed by atoms with Gasteiger partial charge in [0.1, 0.15) is 0 Å². The van der Waals surface area contributed by atoms with Crippen LogP contribution in [-0.4, -0.2) is 6.54 Å². The molecule has 0 aromatic heterocycles. The lowest BCUT2D eigenvalue weighted by atomic mass is 9.39. The Labute approximate surface area is 119 Å². The molecule has 19 heavy (non-hydrogen) atoms. The van der Waals surface area contributed by atoms with Gasteiger partial charge in [-0.15, -0.1) is 0 Å². The molecule has 4 aliphatic rings. The minimum absolute atomic E-state index is 0.349. The largest absolute Gasteiger partial charge is 0.330 e. The van der Waals surface area contributed by atoms with E-state index in [1.165, 1.54) is 32.1 Å². The van der Waals surface area contributed by atoms with Crippen LogP contribution in [0.1, 0.15) is 66.7 Å². The second kappa shape index (κ2) is 4.00. The van der Waals surface area contributed by atoms with Crippen LogP contribution in [0.15, 0.2) is 0 Å². The summed E-state index contributed by atoms with van der Waals surface area (Å²) in [7, 11) is 0. The van der Waals surface area contributed by atoms with Crippen LogP contribution in [0.3, 0.4) is 0 Å². The van der Waals surface area contributed by atoms with Crippen LogP contribution in [-0.2, 0) is 0 Å². The van der Waals surface area contributed by atoms with Crippen molar-refractivity contribution < 1.29 is 0 Å². The Balaban J connectivity index is 1.92. The summed E-state index contributed by atoms with van der Waals surface area (Å²) >= 11 is 0. The lowest BCUT2D eigenvalue weighted by Gasteiger charge is -2.66. The monoisotopic (exact) mass is 263 g/mol. The molecule has 4 fully saturated rings. The molecule has 0 aliphatic heterocycles. The van der Waals surface area contributed by atoms with Gasteiger partial charge in [-0.05, 0) is 78.6 Å². The average Bonchev–Trinajstić information content (AvgIpc) is 2.25. The van der Waals surface area contributed by atoms with Gasteiger partial charge in [-0.1, -0.05) is 34.6 Å². The topological polar surface area (TPSA) is 26.0 Å². The fraction of sp³-hybridized carbons (Fsp3) is 1.00. The van der Waals surface area contributed by atoms with Crippen molar-refractivity contribution in [3.05, 3.63) is 0 Å². The van der Waals surface area contributed by atoms with Gasteiger partial charge in [-0.25, -0.2) is 0 Å². The molecule has 0 spiro atoms. The Kier molecular flexibility index (Phi) is 2.93. The summed E-state index contributed by atoms with van der Waals surface area (Å²) in [6.07, 6.45) is 7.49. The number of hydrogen-bond donors (Lipinski definition) is 1. The summed E-state index contributed by atoms with van der Waals surface area (Å²) in [4.78, 5) is 0. The minimum atomic E-state index is 0.349. The minimum Gasteiger partial charge on any atom is -0.330 e. The molecule has 0 aromatic rings. The normalized spacial score (nSPS) is 45.8. The van der Waals surface area contributed by atoms with Crippen molar-refractivity contribution >= 4 is 0 Å². The third-order valence-corrected chi connectivity index (χ3v) is 7.29. The maximum Gasteiger partial charge on any atom is -0.00230 e.